The van der Waals surface area contributed by atoms with Crippen LogP contribution in [0.5, 0.6) is 0 Å². The molecule has 1 aliphatic rings. The minimum absolute atomic E-state index is 0.220. The smallest absolute Gasteiger partial charge is 0.0690 e. The second-order valence-corrected chi connectivity index (χ2v) is 4.84. The lowest BCUT2D eigenvalue weighted by molar-refractivity contribution is 0.0900. The van der Waals surface area contributed by atoms with Crippen LogP contribution < -0.4 is 0 Å². The third-order valence-corrected chi connectivity index (χ3v) is 3.57. The fraction of sp³-hybridized carbons (Fsp3) is 0.917. The van der Waals surface area contributed by atoms with Crippen molar-refractivity contribution in [1.82, 2.24) is 0 Å². The minimum atomic E-state index is -0.289. The molecule has 0 bridgehead atoms. The molecule has 1 rings (SSSR count). The van der Waals surface area contributed by atoms with Crippen LogP contribution in [-0.2, 0) is 0 Å². The van der Waals surface area contributed by atoms with Crippen LogP contribution in [0.2, 0.25) is 0 Å². The van der Waals surface area contributed by atoms with Gasteiger partial charge in [-0.2, -0.15) is 5.26 Å². The van der Waals surface area contributed by atoms with E-state index in [-0.39, 0.29) is 11.5 Å². The van der Waals surface area contributed by atoms with Gasteiger partial charge in [0.25, 0.3) is 0 Å². The zero-order chi connectivity index (χ0) is 10.6. The molecule has 1 atom stereocenters. The molecule has 0 amide bonds. The molecule has 0 aromatic heterocycles. The fourth-order valence-corrected chi connectivity index (χ4v) is 2.27. The van der Waals surface area contributed by atoms with Gasteiger partial charge in [-0.05, 0) is 44.4 Å². The standard InChI is InChI=1S/C12H21NO/c1-3-11(14)8-12(9-13)6-4-10(2)5-7-12/h10-11,14H,3-8H2,1-2H3. The lowest BCUT2D eigenvalue weighted by Crippen LogP contribution is -2.29. The highest BCUT2D eigenvalue weighted by atomic mass is 16.3. The van der Waals surface area contributed by atoms with E-state index in [0.29, 0.717) is 6.42 Å². The molecule has 2 heteroatoms. The van der Waals surface area contributed by atoms with E-state index >= 15 is 0 Å². The molecule has 0 aliphatic heterocycles. The molecule has 1 aliphatic carbocycles. The van der Waals surface area contributed by atoms with Gasteiger partial charge in [0.05, 0.1) is 17.6 Å². The van der Waals surface area contributed by atoms with E-state index in [4.69, 9.17) is 0 Å². The molecule has 0 aromatic carbocycles. The molecule has 0 spiro atoms. The van der Waals surface area contributed by atoms with Crippen LogP contribution in [0.4, 0.5) is 0 Å². The molecular weight excluding hydrogens is 174 g/mol. The van der Waals surface area contributed by atoms with Crippen molar-refractivity contribution in [3.63, 3.8) is 0 Å². The van der Waals surface area contributed by atoms with Crippen LogP contribution in [-0.4, -0.2) is 11.2 Å². The third kappa shape index (κ3) is 2.72. The molecule has 1 saturated carbocycles. The quantitative estimate of drug-likeness (QED) is 0.752. The summed E-state index contributed by atoms with van der Waals surface area (Å²) in [5, 5.41) is 18.8. The lowest BCUT2D eigenvalue weighted by atomic mass is 9.69. The molecule has 1 fully saturated rings. The Labute approximate surface area is 86.9 Å². The first kappa shape index (κ1) is 11.5. The highest BCUT2D eigenvalue weighted by Gasteiger charge is 2.35. The fourth-order valence-electron chi connectivity index (χ4n) is 2.27. The Bertz CT molecular complexity index is 211. The van der Waals surface area contributed by atoms with Gasteiger partial charge in [0, 0.05) is 0 Å². The minimum Gasteiger partial charge on any atom is -0.393 e. The molecule has 1 N–H and O–H groups in total. The summed E-state index contributed by atoms with van der Waals surface area (Å²) in [6.07, 6.45) is 5.38. The van der Waals surface area contributed by atoms with Gasteiger partial charge in [-0.25, -0.2) is 0 Å². The van der Waals surface area contributed by atoms with Crippen molar-refractivity contribution >= 4 is 0 Å². The van der Waals surface area contributed by atoms with E-state index in [0.717, 1.165) is 38.0 Å². The van der Waals surface area contributed by atoms with Crippen LogP contribution in [0.25, 0.3) is 0 Å². The second-order valence-electron chi connectivity index (χ2n) is 4.84. The normalized spacial score (nSPS) is 34.9. The van der Waals surface area contributed by atoms with Crippen molar-refractivity contribution in [3.05, 3.63) is 0 Å². The van der Waals surface area contributed by atoms with Crippen molar-refractivity contribution in [2.24, 2.45) is 11.3 Å². The van der Waals surface area contributed by atoms with Crippen LogP contribution in [0.1, 0.15) is 52.4 Å². The first-order chi connectivity index (χ1) is 6.62. The predicted octanol–water partition coefficient (Wildman–Crippen LogP) is 2.87. The highest BCUT2D eigenvalue weighted by Crippen LogP contribution is 2.41. The summed E-state index contributed by atoms with van der Waals surface area (Å²) in [5.74, 6) is 0.759. The Hall–Kier alpha value is -0.550. The average Bonchev–Trinajstić information content (AvgIpc) is 2.22. The van der Waals surface area contributed by atoms with Gasteiger partial charge < -0.3 is 5.11 Å². The van der Waals surface area contributed by atoms with E-state index in [2.05, 4.69) is 13.0 Å². The van der Waals surface area contributed by atoms with Crippen LogP contribution in [0, 0.1) is 22.7 Å². The molecule has 14 heavy (non-hydrogen) atoms. The summed E-state index contributed by atoms with van der Waals surface area (Å²) >= 11 is 0. The molecule has 80 valence electrons. The lowest BCUT2D eigenvalue weighted by Gasteiger charge is -2.34. The van der Waals surface area contributed by atoms with Gasteiger partial charge in [-0.15, -0.1) is 0 Å². The molecule has 0 saturated heterocycles. The molecule has 1 unspecified atom stereocenters. The number of aliphatic hydroxyl groups is 1. The third-order valence-electron chi connectivity index (χ3n) is 3.57. The second kappa shape index (κ2) is 4.79. The Morgan fingerprint density at radius 3 is 2.50 bits per heavy atom. The van der Waals surface area contributed by atoms with Crippen molar-refractivity contribution < 1.29 is 5.11 Å². The van der Waals surface area contributed by atoms with Gasteiger partial charge in [0.15, 0.2) is 0 Å². The molecule has 0 aromatic rings. The first-order valence-electron chi connectivity index (χ1n) is 5.71. The number of hydrogen-bond donors (Lipinski definition) is 1. The van der Waals surface area contributed by atoms with Crippen LogP contribution in [0.15, 0.2) is 0 Å². The maximum atomic E-state index is 9.62. The monoisotopic (exact) mass is 195 g/mol. The number of nitrogens with zero attached hydrogens (tertiary/aromatic N) is 1. The topological polar surface area (TPSA) is 44.0 Å². The summed E-state index contributed by atoms with van der Waals surface area (Å²) in [6.45, 7) is 4.22. The Morgan fingerprint density at radius 1 is 1.50 bits per heavy atom. The van der Waals surface area contributed by atoms with Crippen molar-refractivity contribution in [2.45, 2.75) is 58.5 Å². The summed E-state index contributed by atoms with van der Waals surface area (Å²) in [7, 11) is 0. The van der Waals surface area contributed by atoms with Crippen molar-refractivity contribution in [2.75, 3.05) is 0 Å². The number of aliphatic hydroxyl groups excluding tert-OH is 1. The van der Waals surface area contributed by atoms with E-state index in [1.165, 1.54) is 0 Å². The van der Waals surface area contributed by atoms with Gasteiger partial charge in [-0.1, -0.05) is 13.8 Å². The van der Waals surface area contributed by atoms with Gasteiger partial charge in [-0.3, -0.25) is 0 Å². The number of nitriles is 1. The van der Waals surface area contributed by atoms with E-state index < -0.39 is 0 Å². The Balaban J connectivity index is 2.55. The number of rotatable bonds is 3. The number of hydrogen-bond acceptors (Lipinski definition) is 2. The largest absolute Gasteiger partial charge is 0.393 e. The molecule has 0 radical (unpaired) electrons. The van der Waals surface area contributed by atoms with Gasteiger partial charge in [0.1, 0.15) is 0 Å². The summed E-state index contributed by atoms with van der Waals surface area (Å²) < 4.78 is 0. The van der Waals surface area contributed by atoms with Gasteiger partial charge >= 0.3 is 0 Å². The summed E-state index contributed by atoms with van der Waals surface area (Å²) in [5.41, 5.74) is -0.220. The summed E-state index contributed by atoms with van der Waals surface area (Å²) in [4.78, 5) is 0. The van der Waals surface area contributed by atoms with E-state index in [9.17, 15) is 10.4 Å². The maximum Gasteiger partial charge on any atom is 0.0690 e. The SMILES string of the molecule is CCC(O)CC1(C#N)CCC(C)CC1. The van der Waals surface area contributed by atoms with Gasteiger partial charge in [0.2, 0.25) is 0 Å². The molecule has 0 heterocycles. The van der Waals surface area contributed by atoms with Crippen LogP contribution in [0.3, 0.4) is 0 Å². The first-order valence-corrected chi connectivity index (χ1v) is 5.71. The average molecular weight is 195 g/mol. The Kier molecular flexibility index (Phi) is 3.95. The Morgan fingerprint density at radius 2 is 2.07 bits per heavy atom. The van der Waals surface area contributed by atoms with E-state index in [1.54, 1.807) is 0 Å². The summed E-state index contributed by atoms with van der Waals surface area (Å²) in [6, 6.07) is 2.44. The van der Waals surface area contributed by atoms with E-state index in [1.807, 2.05) is 6.92 Å². The van der Waals surface area contributed by atoms with Crippen molar-refractivity contribution in [1.29, 1.82) is 5.26 Å². The van der Waals surface area contributed by atoms with Crippen molar-refractivity contribution in [3.8, 4) is 6.07 Å². The zero-order valence-corrected chi connectivity index (χ0v) is 9.29. The molecular formula is C12H21NO. The zero-order valence-electron chi connectivity index (χ0n) is 9.29. The van der Waals surface area contributed by atoms with Crippen LogP contribution >= 0.6 is 0 Å². The maximum absolute atomic E-state index is 9.62. The molecule has 2 nitrogen and oxygen atoms in total. The predicted molar refractivity (Wildman–Crippen MR) is 56.6 cm³/mol. The highest BCUT2D eigenvalue weighted by molar-refractivity contribution is 5.02.